The van der Waals surface area contributed by atoms with Gasteiger partial charge in [-0.05, 0) is 20.3 Å². The van der Waals surface area contributed by atoms with E-state index < -0.39 is 11.6 Å². The van der Waals surface area contributed by atoms with Crippen molar-refractivity contribution in [2.75, 3.05) is 13.6 Å². The average molecular weight is 241 g/mol. The zero-order valence-corrected chi connectivity index (χ0v) is 10.7. The number of hydrogen-bond donors (Lipinski definition) is 2. The van der Waals surface area contributed by atoms with Crippen LogP contribution in [-0.4, -0.2) is 47.8 Å². The number of carbonyl (C=O) groups is 3. The maximum Gasteiger partial charge on any atom is 0.245 e. The van der Waals surface area contributed by atoms with E-state index in [2.05, 4.69) is 10.6 Å². The fourth-order valence-corrected chi connectivity index (χ4v) is 2.02. The van der Waals surface area contributed by atoms with Gasteiger partial charge in [-0.15, -0.1) is 0 Å². The van der Waals surface area contributed by atoms with Gasteiger partial charge >= 0.3 is 0 Å². The van der Waals surface area contributed by atoms with Crippen LogP contribution < -0.4 is 10.6 Å². The minimum Gasteiger partial charge on any atom is -0.357 e. The summed E-state index contributed by atoms with van der Waals surface area (Å²) in [6, 6.07) is -0.600. The molecule has 1 heterocycles. The van der Waals surface area contributed by atoms with Crippen LogP contribution in [0.1, 0.15) is 27.2 Å². The molecule has 6 nitrogen and oxygen atoms in total. The van der Waals surface area contributed by atoms with Gasteiger partial charge in [-0.2, -0.15) is 0 Å². The second kappa shape index (κ2) is 4.73. The molecule has 0 radical (unpaired) electrons. The van der Waals surface area contributed by atoms with Crippen molar-refractivity contribution in [1.82, 2.24) is 15.5 Å². The largest absolute Gasteiger partial charge is 0.357 e. The number of nitrogens with zero attached hydrogens (tertiary/aromatic N) is 1. The van der Waals surface area contributed by atoms with E-state index in [1.54, 1.807) is 20.9 Å². The highest BCUT2D eigenvalue weighted by molar-refractivity contribution is 5.95. The van der Waals surface area contributed by atoms with E-state index in [-0.39, 0.29) is 17.7 Å². The molecule has 1 rings (SSSR count). The molecule has 1 aliphatic heterocycles. The number of nitrogens with one attached hydrogen (secondary N) is 2. The summed E-state index contributed by atoms with van der Waals surface area (Å²) in [4.78, 5) is 36.1. The van der Waals surface area contributed by atoms with Crippen molar-refractivity contribution < 1.29 is 14.4 Å². The van der Waals surface area contributed by atoms with Crippen LogP contribution in [0.3, 0.4) is 0 Å². The molecule has 0 aromatic rings. The van der Waals surface area contributed by atoms with Crippen molar-refractivity contribution in [3.63, 3.8) is 0 Å². The number of amides is 3. The first-order chi connectivity index (χ1) is 7.82. The third-order valence-electron chi connectivity index (χ3n) is 3.19. The minimum atomic E-state index is -0.779. The second-order valence-corrected chi connectivity index (χ2v) is 4.52. The lowest BCUT2D eigenvalue weighted by atomic mass is 9.85. The highest BCUT2D eigenvalue weighted by Gasteiger charge is 2.49. The minimum absolute atomic E-state index is 0.174. The van der Waals surface area contributed by atoms with Crippen LogP contribution in [0.5, 0.6) is 0 Å². The summed E-state index contributed by atoms with van der Waals surface area (Å²) in [5.41, 5.74) is -0.779. The molecule has 17 heavy (non-hydrogen) atoms. The van der Waals surface area contributed by atoms with Crippen LogP contribution in [-0.2, 0) is 14.4 Å². The van der Waals surface area contributed by atoms with Gasteiger partial charge in [0.15, 0.2) is 0 Å². The van der Waals surface area contributed by atoms with Crippen molar-refractivity contribution in [3.8, 4) is 0 Å². The lowest BCUT2D eigenvalue weighted by Crippen LogP contribution is -2.69. The van der Waals surface area contributed by atoms with Crippen molar-refractivity contribution in [3.05, 3.63) is 0 Å². The zero-order valence-electron chi connectivity index (χ0n) is 10.7. The molecular formula is C11H19N3O3. The lowest BCUT2D eigenvalue weighted by Gasteiger charge is -2.49. The fraction of sp³-hybridized carbons (Fsp3) is 0.727. The van der Waals surface area contributed by atoms with Gasteiger partial charge in [0.2, 0.25) is 17.7 Å². The van der Waals surface area contributed by atoms with Gasteiger partial charge in [0.1, 0.15) is 11.6 Å². The molecule has 1 unspecified atom stereocenters. The van der Waals surface area contributed by atoms with Crippen LogP contribution in [0.15, 0.2) is 0 Å². The predicted octanol–water partition coefficient (Wildman–Crippen LogP) is -0.752. The van der Waals surface area contributed by atoms with Crippen LogP contribution in [0.25, 0.3) is 0 Å². The van der Waals surface area contributed by atoms with Gasteiger partial charge in [0.05, 0.1) is 0 Å². The summed E-state index contributed by atoms with van der Waals surface area (Å²) in [5.74, 6) is -0.655. The van der Waals surface area contributed by atoms with E-state index in [1.807, 2.05) is 0 Å². The van der Waals surface area contributed by atoms with E-state index in [1.165, 1.54) is 11.8 Å². The Morgan fingerprint density at radius 1 is 1.35 bits per heavy atom. The highest BCUT2D eigenvalue weighted by atomic mass is 16.2. The summed E-state index contributed by atoms with van der Waals surface area (Å²) < 4.78 is 0. The number of likely N-dealkylation sites (N-methyl/N-ethyl adjacent to an activating group) is 1. The molecule has 0 spiro atoms. The predicted molar refractivity (Wildman–Crippen MR) is 62.1 cm³/mol. The molecule has 1 aliphatic rings. The second-order valence-electron chi connectivity index (χ2n) is 4.52. The van der Waals surface area contributed by atoms with Crippen molar-refractivity contribution in [1.29, 1.82) is 0 Å². The number of rotatable bonds is 3. The van der Waals surface area contributed by atoms with Crippen LogP contribution >= 0.6 is 0 Å². The van der Waals surface area contributed by atoms with Crippen molar-refractivity contribution >= 4 is 17.7 Å². The van der Waals surface area contributed by atoms with Gasteiger partial charge in [-0.25, -0.2) is 0 Å². The van der Waals surface area contributed by atoms with E-state index in [0.717, 1.165) is 0 Å². The number of hydrogen-bond acceptors (Lipinski definition) is 3. The molecule has 0 aromatic heterocycles. The molecule has 96 valence electrons. The third kappa shape index (κ3) is 2.40. The van der Waals surface area contributed by atoms with Crippen LogP contribution in [0.4, 0.5) is 0 Å². The third-order valence-corrected chi connectivity index (χ3v) is 3.19. The summed E-state index contributed by atoms with van der Waals surface area (Å²) >= 11 is 0. The molecule has 3 amide bonds. The smallest absolute Gasteiger partial charge is 0.245 e. The van der Waals surface area contributed by atoms with Gasteiger partial charge in [-0.3, -0.25) is 14.4 Å². The molecular weight excluding hydrogens is 222 g/mol. The molecule has 2 N–H and O–H groups in total. The molecule has 0 saturated carbocycles. The van der Waals surface area contributed by atoms with Gasteiger partial charge in [-0.1, -0.05) is 0 Å². The quantitative estimate of drug-likeness (QED) is 0.682. The Balaban J connectivity index is 2.71. The Hall–Kier alpha value is -1.59. The van der Waals surface area contributed by atoms with Gasteiger partial charge in [0.25, 0.3) is 0 Å². The lowest BCUT2D eigenvalue weighted by molar-refractivity contribution is -0.158. The maximum absolute atomic E-state index is 12.0. The van der Waals surface area contributed by atoms with Gasteiger partial charge < -0.3 is 15.5 Å². The summed E-state index contributed by atoms with van der Waals surface area (Å²) in [5, 5.41) is 5.08. The summed E-state index contributed by atoms with van der Waals surface area (Å²) in [6.07, 6.45) is 0.644. The first kappa shape index (κ1) is 13.5. The molecule has 0 aliphatic carbocycles. The van der Waals surface area contributed by atoms with Crippen LogP contribution in [0, 0.1) is 0 Å². The highest BCUT2D eigenvalue weighted by Crippen LogP contribution is 2.30. The molecule has 1 saturated heterocycles. The monoisotopic (exact) mass is 241 g/mol. The molecule has 1 fully saturated rings. The first-order valence-electron chi connectivity index (χ1n) is 5.63. The first-order valence-corrected chi connectivity index (χ1v) is 5.63. The van der Waals surface area contributed by atoms with Gasteiger partial charge in [0, 0.05) is 20.5 Å². The summed E-state index contributed by atoms with van der Waals surface area (Å²) in [7, 11) is 1.55. The molecule has 0 aromatic carbocycles. The standard InChI is InChI=1S/C11H19N3O3/c1-7(13-8(2)15)9(16)14-6-5-11(14,3)10(17)12-4/h7H,5-6H2,1-4H3,(H,12,17)(H,13,15)/t7-,11?/m0/s1. The maximum atomic E-state index is 12.0. The van der Waals surface area contributed by atoms with Crippen LogP contribution in [0.2, 0.25) is 0 Å². The number of likely N-dealkylation sites (tertiary alicyclic amines) is 1. The number of carbonyl (C=O) groups excluding carboxylic acids is 3. The Bertz CT molecular complexity index is 356. The van der Waals surface area contributed by atoms with E-state index in [4.69, 9.17) is 0 Å². The Kier molecular flexibility index (Phi) is 3.75. The van der Waals surface area contributed by atoms with E-state index in [9.17, 15) is 14.4 Å². The summed E-state index contributed by atoms with van der Waals surface area (Å²) in [6.45, 7) is 5.25. The van der Waals surface area contributed by atoms with Crippen molar-refractivity contribution in [2.45, 2.75) is 38.8 Å². The Morgan fingerprint density at radius 2 is 1.94 bits per heavy atom. The SMILES string of the molecule is CNC(=O)C1(C)CCN1C(=O)[C@H](C)NC(C)=O. The Labute approximate surface area is 101 Å². The fourth-order valence-electron chi connectivity index (χ4n) is 2.02. The normalized spacial score (nSPS) is 24.6. The topological polar surface area (TPSA) is 78.5 Å². The molecule has 2 atom stereocenters. The van der Waals surface area contributed by atoms with Crippen molar-refractivity contribution in [2.24, 2.45) is 0 Å². The molecule has 0 bridgehead atoms. The Morgan fingerprint density at radius 3 is 2.29 bits per heavy atom. The van der Waals surface area contributed by atoms with E-state index in [0.29, 0.717) is 13.0 Å². The average Bonchev–Trinajstić information content (AvgIpc) is 2.24. The molecule has 6 heteroatoms. The van der Waals surface area contributed by atoms with E-state index >= 15 is 0 Å². The zero-order chi connectivity index (χ0) is 13.2.